The second-order valence-corrected chi connectivity index (χ2v) is 3.35. The molecule has 1 aromatic carbocycles. The van der Waals surface area contributed by atoms with Gasteiger partial charge in [-0.15, -0.1) is 6.58 Å². The van der Waals surface area contributed by atoms with Crippen molar-refractivity contribution in [1.82, 2.24) is 0 Å². The predicted octanol–water partition coefficient (Wildman–Crippen LogP) is 3.19. The van der Waals surface area contributed by atoms with Crippen LogP contribution in [0.15, 0.2) is 24.8 Å². The van der Waals surface area contributed by atoms with Gasteiger partial charge in [0.2, 0.25) is 0 Å². The van der Waals surface area contributed by atoms with Crippen LogP contribution in [-0.2, 0) is 0 Å². The smallest absolute Gasteiger partial charge is 0.132 e. The lowest BCUT2D eigenvalue weighted by Gasteiger charge is -2.11. The van der Waals surface area contributed by atoms with E-state index in [0.717, 1.165) is 12.1 Å². The summed E-state index contributed by atoms with van der Waals surface area (Å²) in [4.78, 5) is 0. The van der Waals surface area contributed by atoms with E-state index in [1.54, 1.807) is 0 Å². The highest BCUT2D eigenvalue weighted by molar-refractivity contribution is 6.30. The molecule has 0 heterocycles. The lowest BCUT2D eigenvalue weighted by Crippen LogP contribution is -2.13. The third kappa shape index (κ3) is 2.30. The van der Waals surface area contributed by atoms with Crippen molar-refractivity contribution in [2.45, 2.75) is 12.5 Å². The Hall–Kier alpha value is -0.930. The molecule has 0 saturated heterocycles. The summed E-state index contributed by atoms with van der Waals surface area (Å²) in [6.45, 7) is 3.45. The maximum absolute atomic E-state index is 13.2. The van der Waals surface area contributed by atoms with Crippen molar-refractivity contribution >= 4 is 11.6 Å². The van der Waals surface area contributed by atoms with E-state index < -0.39 is 17.7 Å². The zero-order valence-electron chi connectivity index (χ0n) is 7.43. The van der Waals surface area contributed by atoms with Crippen LogP contribution in [0.25, 0.3) is 0 Å². The second-order valence-electron chi connectivity index (χ2n) is 2.91. The molecule has 14 heavy (non-hydrogen) atoms. The number of nitrogens with two attached hydrogens (primary N) is 1. The summed E-state index contributed by atoms with van der Waals surface area (Å²) in [6.07, 6.45) is 1.83. The highest BCUT2D eigenvalue weighted by Crippen LogP contribution is 2.25. The summed E-state index contributed by atoms with van der Waals surface area (Å²) in [7, 11) is 0. The highest BCUT2D eigenvalue weighted by atomic mass is 35.5. The van der Waals surface area contributed by atoms with Crippen LogP contribution in [0.3, 0.4) is 0 Å². The third-order valence-corrected chi connectivity index (χ3v) is 2.05. The maximum atomic E-state index is 13.2. The second kappa shape index (κ2) is 4.53. The van der Waals surface area contributed by atoms with Gasteiger partial charge in [-0.2, -0.15) is 0 Å². The van der Waals surface area contributed by atoms with Gasteiger partial charge in [-0.3, -0.25) is 0 Å². The molecule has 0 aromatic heterocycles. The lowest BCUT2D eigenvalue weighted by atomic mass is 10.0. The average molecular weight is 218 g/mol. The van der Waals surface area contributed by atoms with Crippen LogP contribution in [-0.4, -0.2) is 0 Å². The van der Waals surface area contributed by atoms with Gasteiger partial charge in [0.1, 0.15) is 11.6 Å². The number of halogens is 3. The fraction of sp³-hybridized carbons (Fsp3) is 0.200. The van der Waals surface area contributed by atoms with Gasteiger partial charge < -0.3 is 5.73 Å². The molecule has 2 N–H and O–H groups in total. The van der Waals surface area contributed by atoms with E-state index in [-0.39, 0.29) is 10.6 Å². The molecule has 0 saturated carbocycles. The maximum Gasteiger partial charge on any atom is 0.132 e. The summed E-state index contributed by atoms with van der Waals surface area (Å²) in [5.74, 6) is -1.44. The van der Waals surface area contributed by atoms with E-state index in [0.29, 0.717) is 6.42 Å². The molecule has 0 aliphatic heterocycles. The first-order chi connectivity index (χ1) is 6.56. The van der Waals surface area contributed by atoms with E-state index >= 15 is 0 Å². The Kier molecular flexibility index (Phi) is 3.61. The van der Waals surface area contributed by atoms with Gasteiger partial charge in [-0.05, 0) is 18.6 Å². The van der Waals surface area contributed by atoms with E-state index in [1.807, 2.05) is 0 Å². The fourth-order valence-electron chi connectivity index (χ4n) is 1.20. The largest absolute Gasteiger partial charge is 0.324 e. The minimum absolute atomic E-state index is 0.0227. The van der Waals surface area contributed by atoms with Crippen molar-refractivity contribution < 1.29 is 8.78 Å². The molecule has 1 aromatic rings. The Bertz CT molecular complexity index is 329. The standard InChI is InChI=1S/C10H10ClF2N/c1-2-3-9(14)10-7(12)4-6(11)5-8(10)13/h2,4-5,9H,1,3,14H2/t9-/m0/s1. The Balaban J connectivity index is 3.13. The monoisotopic (exact) mass is 217 g/mol. The molecule has 0 aliphatic carbocycles. The van der Waals surface area contributed by atoms with Crippen molar-refractivity contribution in [1.29, 1.82) is 0 Å². The van der Waals surface area contributed by atoms with Gasteiger partial charge in [0.05, 0.1) is 0 Å². The molecule has 1 rings (SSSR count). The molecule has 0 amide bonds. The number of rotatable bonds is 3. The van der Waals surface area contributed by atoms with E-state index in [9.17, 15) is 8.78 Å². The Labute approximate surface area is 86.2 Å². The van der Waals surface area contributed by atoms with Crippen LogP contribution in [0.2, 0.25) is 5.02 Å². The minimum atomic E-state index is -0.718. The summed E-state index contributed by atoms with van der Waals surface area (Å²) in [6, 6.07) is 1.37. The molecule has 0 fully saturated rings. The van der Waals surface area contributed by atoms with Gasteiger partial charge in [-0.1, -0.05) is 17.7 Å². The molecule has 1 atom stereocenters. The Morgan fingerprint density at radius 3 is 2.36 bits per heavy atom. The fourth-order valence-corrected chi connectivity index (χ4v) is 1.40. The minimum Gasteiger partial charge on any atom is -0.324 e. The van der Waals surface area contributed by atoms with Gasteiger partial charge in [0.15, 0.2) is 0 Å². The van der Waals surface area contributed by atoms with Gasteiger partial charge in [0, 0.05) is 16.6 Å². The molecule has 1 nitrogen and oxygen atoms in total. The van der Waals surface area contributed by atoms with Gasteiger partial charge in [0.25, 0.3) is 0 Å². The first kappa shape index (κ1) is 11.1. The molecular formula is C10H10ClF2N. The first-order valence-corrected chi connectivity index (χ1v) is 4.45. The highest BCUT2D eigenvalue weighted by Gasteiger charge is 2.16. The predicted molar refractivity (Wildman–Crippen MR) is 53.1 cm³/mol. The van der Waals surface area contributed by atoms with Crippen molar-refractivity contribution in [3.05, 3.63) is 47.0 Å². The van der Waals surface area contributed by atoms with E-state index in [1.165, 1.54) is 6.08 Å². The van der Waals surface area contributed by atoms with Crippen LogP contribution >= 0.6 is 11.6 Å². The quantitative estimate of drug-likeness (QED) is 0.774. The first-order valence-electron chi connectivity index (χ1n) is 4.07. The number of benzene rings is 1. The van der Waals surface area contributed by atoms with Crippen molar-refractivity contribution in [3.63, 3.8) is 0 Å². The SMILES string of the molecule is C=CC[C@H](N)c1c(F)cc(Cl)cc1F. The van der Waals surface area contributed by atoms with Crippen molar-refractivity contribution in [2.24, 2.45) is 5.73 Å². The summed E-state index contributed by atoms with van der Waals surface area (Å²) >= 11 is 5.46. The summed E-state index contributed by atoms with van der Waals surface area (Å²) < 4.78 is 26.5. The van der Waals surface area contributed by atoms with E-state index in [2.05, 4.69) is 6.58 Å². The number of hydrogen-bond donors (Lipinski definition) is 1. The van der Waals surface area contributed by atoms with Crippen LogP contribution in [0.1, 0.15) is 18.0 Å². The van der Waals surface area contributed by atoms with E-state index in [4.69, 9.17) is 17.3 Å². The number of hydrogen-bond acceptors (Lipinski definition) is 1. The molecule has 0 spiro atoms. The molecule has 0 aliphatic rings. The Morgan fingerprint density at radius 1 is 1.43 bits per heavy atom. The van der Waals surface area contributed by atoms with Crippen molar-refractivity contribution in [3.8, 4) is 0 Å². The molecular weight excluding hydrogens is 208 g/mol. The van der Waals surface area contributed by atoms with Gasteiger partial charge >= 0.3 is 0 Å². The lowest BCUT2D eigenvalue weighted by molar-refractivity contribution is 0.527. The molecule has 0 bridgehead atoms. The van der Waals surface area contributed by atoms with Crippen LogP contribution in [0, 0.1) is 11.6 Å². The normalized spacial score (nSPS) is 12.6. The molecule has 0 unspecified atom stereocenters. The summed E-state index contributed by atoms with van der Waals surface area (Å²) in [5.41, 5.74) is 5.42. The van der Waals surface area contributed by atoms with Gasteiger partial charge in [-0.25, -0.2) is 8.78 Å². The third-order valence-electron chi connectivity index (χ3n) is 1.84. The average Bonchev–Trinajstić information content (AvgIpc) is 2.01. The molecule has 4 heteroatoms. The summed E-state index contributed by atoms with van der Waals surface area (Å²) in [5, 5.41) is 0.0227. The van der Waals surface area contributed by atoms with Crippen molar-refractivity contribution in [2.75, 3.05) is 0 Å². The van der Waals surface area contributed by atoms with Crippen LogP contribution in [0.4, 0.5) is 8.78 Å². The van der Waals surface area contributed by atoms with Crippen LogP contribution in [0.5, 0.6) is 0 Å². The zero-order valence-corrected chi connectivity index (χ0v) is 8.19. The molecule has 0 radical (unpaired) electrons. The zero-order chi connectivity index (χ0) is 10.7. The van der Waals surface area contributed by atoms with Crippen LogP contribution < -0.4 is 5.73 Å². The Morgan fingerprint density at radius 2 is 1.93 bits per heavy atom. The topological polar surface area (TPSA) is 26.0 Å². The molecule has 76 valence electrons.